The van der Waals surface area contributed by atoms with E-state index in [1.165, 1.54) is 19.3 Å². The molecule has 0 radical (unpaired) electrons. The summed E-state index contributed by atoms with van der Waals surface area (Å²) in [5, 5.41) is 4.32. The summed E-state index contributed by atoms with van der Waals surface area (Å²) >= 11 is 6.18. The average Bonchev–Trinajstić information content (AvgIpc) is 2.70. The third-order valence-electron chi connectivity index (χ3n) is 4.70. The molecule has 0 amide bonds. The van der Waals surface area contributed by atoms with Crippen molar-refractivity contribution in [1.29, 1.82) is 0 Å². The van der Waals surface area contributed by atoms with Crippen molar-refractivity contribution in [3.63, 3.8) is 0 Å². The van der Waals surface area contributed by atoms with E-state index in [2.05, 4.69) is 15.0 Å². The second-order valence-electron chi connectivity index (χ2n) is 6.84. The van der Waals surface area contributed by atoms with Crippen LogP contribution in [0, 0.1) is 0 Å². The first kappa shape index (κ1) is 19.5. The zero-order valence-electron chi connectivity index (χ0n) is 15.2. The van der Waals surface area contributed by atoms with Gasteiger partial charge in [-0.3, -0.25) is 4.98 Å². The van der Waals surface area contributed by atoms with Gasteiger partial charge in [0.1, 0.15) is 12.7 Å². The van der Waals surface area contributed by atoms with Gasteiger partial charge in [-0.25, -0.2) is 0 Å². The topological polar surface area (TPSA) is 56.2 Å². The summed E-state index contributed by atoms with van der Waals surface area (Å²) < 4.78 is 11.9. The number of rotatable bonds is 8. The molecule has 3 heterocycles. The highest BCUT2D eigenvalue weighted by atomic mass is 35.5. The second kappa shape index (κ2) is 10.8. The molecule has 0 saturated carbocycles. The molecular formula is C19H28ClN3O3. The molecule has 0 bridgehead atoms. The molecule has 2 atom stereocenters. The summed E-state index contributed by atoms with van der Waals surface area (Å²) in [6.07, 6.45) is 10.1. The van der Waals surface area contributed by atoms with Crippen LogP contribution in [0.25, 0.3) is 0 Å². The van der Waals surface area contributed by atoms with Crippen molar-refractivity contribution >= 4 is 16.8 Å². The fourth-order valence-electron chi connectivity index (χ4n) is 3.31. The molecule has 144 valence electrons. The van der Waals surface area contributed by atoms with Gasteiger partial charge in [0.25, 0.3) is 0 Å². The SMILES string of the molecule is ClC(=NOCC(CN1CCCCC1)OC1CCCCO1)c1cccnc1. The first-order chi connectivity index (χ1) is 12.8. The summed E-state index contributed by atoms with van der Waals surface area (Å²) in [7, 11) is 0. The first-order valence-corrected chi connectivity index (χ1v) is 9.94. The van der Waals surface area contributed by atoms with E-state index in [0.717, 1.165) is 51.1 Å². The first-order valence-electron chi connectivity index (χ1n) is 9.56. The van der Waals surface area contributed by atoms with Gasteiger partial charge in [-0.15, -0.1) is 0 Å². The minimum absolute atomic E-state index is 0.0849. The highest BCUT2D eigenvalue weighted by Gasteiger charge is 2.23. The Kier molecular flexibility index (Phi) is 8.14. The fraction of sp³-hybridized carbons (Fsp3) is 0.684. The number of hydrogen-bond acceptors (Lipinski definition) is 6. The molecule has 1 aromatic rings. The molecule has 6 nitrogen and oxygen atoms in total. The Bertz CT molecular complexity index is 526. The van der Waals surface area contributed by atoms with E-state index in [0.29, 0.717) is 11.8 Å². The van der Waals surface area contributed by atoms with Gasteiger partial charge in [-0.05, 0) is 57.3 Å². The summed E-state index contributed by atoms with van der Waals surface area (Å²) in [4.78, 5) is 12.0. The Balaban J connectivity index is 1.53. The summed E-state index contributed by atoms with van der Waals surface area (Å²) in [5.41, 5.74) is 0.735. The maximum Gasteiger partial charge on any atom is 0.177 e. The number of pyridine rings is 1. The molecule has 0 aromatic carbocycles. The molecular weight excluding hydrogens is 354 g/mol. The number of ether oxygens (including phenoxy) is 2. The molecule has 7 heteroatoms. The van der Waals surface area contributed by atoms with Crippen molar-refractivity contribution < 1.29 is 14.3 Å². The number of hydrogen-bond donors (Lipinski definition) is 0. The van der Waals surface area contributed by atoms with E-state index >= 15 is 0 Å². The maximum atomic E-state index is 6.18. The van der Waals surface area contributed by atoms with Gasteiger partial charge in [0, 0.05) is 31.1 Å². The molecule has 2 fully saturated rings. The van der Waals surface area contributed by atoms with Crippen LogP contribution in [0.3, 0.4) is 0 Å². The van der Waals surface area contributed by atoms with Crippen LogP contribution in [-0.2, 0) is 14.3 Å². The molecule has 26 heavy (non-hydrogen) atoms. The second-order valence-corrected chi connectivity index (χ2v) is 7.19. The number of nitrogens with zero attached hydrogens (tertiary/aromatic N) is 3. The van der Waals surface area contributed by atoms with Crippen molar-refractivity contribution in [2.75, 3.05) is 32.8 Å². The smallest absolute Gasteiger partial charge is 0.177 e. The van der Waals surface area contributed by atoms with E-state index in [4.69, 9.17) is 25.9 Å². The summed E-state index contributed by atoms with van der Waals surface area (Å²) in [5.74, 6) is 0. The normalized spacial score (nSPS) is 23.6. The van der Waals surface area contributed by atoms with Crippen LogP contribution in [0.1, 0.15) is 44.1 Å². The Morgan fingerprint density at radius 3 is 2.92 bits per heavy atom. The Morgan fingerprint density at radius 2 is 2.19 bits per heavy atom. The quantitative estimate of drug-likeness (QED) is 0.510. The molecule has 2 saturated heterocycles. The van der Waals surface area contributed by atoms with E-state index in [-0.39, 0.29) is 12.4 Å². The molecule has 2 unspecified atom stereocenters. The third kappa shape index (κ3) is 6.50. The van der Waals surface area contributed by atoms with Crippen molar-refractivity contribution in [3.05, 3.63) is 30.1 Å². The van der Waals surface area contributed by atoms with Gasteiger partial charge in [0.05, 0.1) is 0 Å². The molecule has 0 aliphatic carbocycles. The zero-order valence-corrected chi connectivity index (χ0v) is 15.9. The molecule has 0 N–H and O–H groups in total. The number of piperidine rings is 1. The van der Waals surface area contributed by atoms with Gasteiger partial charge in [-0.1, -0.05) is 23.2 Å². The highest BCUT2D eigenvalue weighted by molar-refractivity contribution is 6.69. The summed E-state index contributed by atoms with van der Waals surface area (Å²) in [6.45, 7) is 4.19. The minimum Gasteiger partial charge on any atom is -0.392 e. The van der Waals surface area contributed by atoms with Crippen LogP contribution >= 0.6 is 11.6 Å². The lowest BCUT2D eigenvalue weighted by molar-refractivity contribution is -0.201. The van der Waals surface area contributed by atoms with Crippen LogP contribution in [0.15, 0.2) is 29.7 Å². The fourth-order valence-corrected chi connectivity index (χ4v) is 3.47. The Hall–Kier alpha value is -1.21. The molecule has 3 rings (SSSR count). The number of oxime groups is 1. The van der Waals surface area contributed by atoms with Crippen molar-refractivity contribution in [2.45, 2.75) is 50.9 Å². The van der Waals surface area contributed by atoms with E-state index in [1.54, 1.807) is 12.4 Å². The van der Waals surface area contributed by atoms with E-state index < -0.39 is 0 Å². The van der Waals surface area contributed by atoms with Crippen LogP contribution in [0.5, 0.6) is 0 Å². The highest BCUT2D eigenvalue weighted by Crippen LogP contribution is 2.17. The standard InChI is InChI=1S/C19H28ClN3O3/c20-19(16-7-6-9-21-13-16)22-25-15-17(14-23-10-3-1-4-11-23)26-18-8-2-5-12-24-18/h6-7,9,13,17-18H,1-5,8,10-12,14-15H2. The Morgan fingerprint density at radius 1 is 1.31 bits per heavy atom. The zero-order chi connectivity index (χ0) is 18.0. The molecule has 2 aliphatic rings. The minimum atomic E-state index is -0.139. The largest absolute Gasteiger partial charge is 0.392 e. The van der Waals surface area contributed by atoms with Crippen LogP contribution in [0.2, 0.25) is 0 Å². The van der Waals surface area contributed by atoms with Crippen molar-refractivity contribution in [1.82, 2.24) is 9.88 Å². The summed E-state index contributed by atoms with van der Waals surface area (Å²) in [6, 6.07) is 3.66. The van der Waals surface area contributed by atoms with Crippen molar-refractivity contribution in [3.8, 4) is 0 Å². The van der Waals surface area contributed by atoms with Crippen molar-refractivity contribution in [2.24, 2.45) is 5.16 Å². The number of likely N-dealkylation sites (tertiary alicyclic amines) is 1. The van der Waals surface area contributed by atoms with Gasteiger partial charge >= 0.3 is 0 Å². The lowest BCUT2D eigenvalue weighted by Crippen LogP contribution is -2.41. The van der Waals surface area contributed by atoms with E-state index in [1.807, 2.05) is 12.1 Å². The van der Waals surface area contributed by atoms with E-state index in [9.17, 15) is 0 Å². The monoisotopic (exact) mass is 381 g/mol. The van der Waals surface area contributed by atoms with Crippen LogP contribution in [0.4, 0.5) is 0 Å². The Labute approximate surface area is 160 Å². The van der Waals surface area contributed by atoms with Gasteiger partial charge < -0.3 is 19.2 Å². The predicted octanol–water partition coefficient (Wildman–Crippen LogP) is 3.40. The third-order valence-corrected chi connectivity index (χ3v) is 4.98. The maximum absolute atomic E-state index is 6.18. The van der Waals surface area contributed by atoms with Gasteiger partial charge in [-0.2, -0.15) is 0 Å². The lowest BCUT2D eigenvalue weighted by atomic mass is 10.1. The van der Waals surface area contributed by atoms with Gasteiger partial charge in [0.15, 0.2) is 11.5 Å². The van der Waals surface area contributed by atoms with Crippen LogP contribution in [-0.4, -0.2) is 60.3 Å². The average molecular weight is 382 g/mol. The predicted molar refractivity (Wildman–Crippen MR) is 101 cm³/mol. The molecule has 1 aromatic heterocycles. The number of halogens is 1. The molecule has 0 spiro atoms. The number of aromatic nitrogens is 1. The lowest BCUT2D eigenvalue weighted by Gasteiger charge is -2.32. The van der Waals surface area contributed by atoms with Gasteiger partial charge in [0.2, 0.25) is 0 Å². The molecule has 2 aliphatic heterocycles. The van der Waals surface area contributed by atoms with Crippen LogP contribution < -0.4 is 0 Å².